The molecule has 4 nitrogen and oxygen atoms in total. The molecule has 4 heteroatoms. The average molecular weight is 238 g/mol. The number of aromatic nitrogens is 1. The summed E-state index contributed by atoms with van der Waals surface area (Å²) in [6.07, 6.45) is 1.80. The molecule has 0 aliphatic carbocycles. The van der Waals surface area contributed by atoms with Crippen LogP contribution in [0.2, 0.25) is 0 Å². The Morgan fingerprint density at radius 1 is 1.18 bits per heavy atom. The largest absolute Gasteiger partial charge is 0.497 e. The van der Waals surface area contributed by atoms with Gasteiger partial charge in [0, 0.05) is 31.9 Å². The van der Waals surface area contributed by atoms with Crippen LogP contribution in [0, 0.1) is 6.92 Å². The highest BCUT2D eigenvalue weighted by Crippen LogP contribution is 2.09. The van der Waals surface area contributed by atoms with Crippen molar-refractivity contribution in [3.63, 3.8) is 0 Å². The number of aryl methyl sites for hydroxylation is 1. The van der Waals surface area contributed by atoms with Gasteiger partial charge in [-0.05, 0) is 6.92 Å². The first-order chi connectivity index (χ1) is 7.93. The molecule has 0 saturated carbocycles. The van der Waals surface area contributed by atoms with Gasteiger partial charge >= 0.3 is 6.03 Å². The lowest BCUT2D eigenvalue weighted by Gasteiger charge is -2.13. The second-order valence-electron chi connectivity index (χ2n) is 3.97. The van der Waals surface area contributed by atoms with Crippen LogP contribution in [0.3, 0.4) is 0 Å². The molecular formula is C13H24N3O+. The van der Waals surface area contributed by atoms with Gasteiger partial charge in [-0.3, -0.25) is 0 Å². The molecule has 0 spiro atoms. The molecule has 1 heterocycles. The van der Waals surface area contributed by atoms with Crippen molar-refractivity contribution in [1.29, 1.82) is 0 Å². The molecule has 1 aromatic rings. The topological polar surface area (TPSA) is 27.4 Å². The Morgan fingerprint density at radius 2 is 1.71 bits per heavy atom. The van der Waals surface area contributed by atoms with Crippen LogP contribution in [0.5, 0.6) is 0 Å². The Balaban J connectivity index is 0.00000121. The van der Waals surface area contributed by atoms with E-state index in [1.807, 2.05) is 51.9 Å². The fourth-order valence-electron chi connectivity index (χ4n) is 1.31. The van der Waals surface area contributed by atoms with Crippen molar-refractivity contribution in [3.8, 4) is 0 Å². The first kappa shape index (κ1) is 15.4. The van der Waals surface area contributed by atoms with Gasteiger partial charge in [0.25, 0.3) is 0 Å². The van der Waals surface area contributed by atoms with E-state index in [1.54, 1.807) is 29.8 Å². The number of hydrogen-bond donors (Lipinski definition) is 0. The molecule has 0 aromatic carbocycles. The van der Waals surface area contributed by atoms with Crippen LogP contribution in [0.1, 0.15) is 19.5 Å². The third kappa shape index (κ3) is 4.06. The maximum atomic E-state index is 11.7. The van der Waals surface area contributed by atoms with Crippen LogP contribution < -0.4 is 9.47 Å². The van der Waals surface area contributed by atoms with E-state index < -0.39 is 0 Å². The van der Waals surface area contributed by atoms with Crippen LogP contribution in [-0.2, 0) is 0 Å². The minimum Gasteiger partial charge on any atom is -0.377 e. The summed E-state index contributed by atoms with van der Waals surface area (Å²) in [7, 11) is 7.45. The van der Waals surface area contributed by atoms with Crippen LogP contribution in [0.4, 0.5) is 10.5 Å². The van der Waals surface area contributed by atoms with Gasteiger partial charge in [0.2, 0.25) is 0 Å². The van der Waals surface area contributed by atoms with Gasteiger partial charge in [-0.1, -0.05) is 13.8 Å². The number of carbonyl (C=O) groups excluding carboxylic acids is 1. The second kappa shape index (κ2) is 6.89. The van der Waals surface area contributed by atoms with E-state index in [2.05, 4.69) is 0 Å². The third-order valence-electron chi connectivity index (χ3n) is 2.24. The summed E-state index contributed by atoms with van der Waals surface area (Å²) in [5.74, 6) is 0. The Morgan fingerprint density at radius 3 is 2.06 bits per heavy atom. The molecule has 0 N–H and O–H groups in total. The Bertz CT molecular complexity index is 373. The number of carbonyl (C=O) groups is 1. The first-order valence-corrected chi connectivity index (χ1v) is 5.84. The van der Waals surface area contributed by atoms with E-state index in [4.69, 9.17) is 0 Å². The molecule has 0 saturated heterocycles. The van der Waals surface area contributed by atoms with Crippen LogP contribution >= 0.6 is 0 Å². The fraction of sp³-hybridized carbons (Fsp3) is 0.538. The predicted octanol–water partition coefficient (Wildman–Crippen LogP) is 1.90. The highest BCUT2D eigenvalue weighted by atomic mass is 16.2. The van der Waals surface area contributed by atoms with E-state index >= 15 is 0 Å². The number of rotatable bonds is 1. The summed E-state index contributed by atoms with van der Waals surface area (Å²) in [5.41, 5.74) is 2.02. The van der Waals surface area contributed by atoms with Crippen molar-refractivity contribution in [2.24, 2.45) is 0 Å². The third-order valence-corrected chi connectivity index (χ3v) is 2.24. The molecule has 0 fully saturated rings. The molecule has 96 valence electrons. The first-order valence-electron chi connectivity index (χ1n) is 5.84. The summed E-state index contributed by atoms with van der Waals surface area (Å²) < 4.78 is 1.63. The highest BCUT2D eigenvalue weighted by molar-refractivity contribution is 5.64. The van der Waals surface area contributed by atoms with Crippen LogP contribution in [-0.4, -0.2) is 39.1 Å². The highest BCUT2D eigenvalue weighted by Gasteiger charge is 2.18. The molecular weight excluding hydrogens is 214 g/mol. The smallest absolute Gasteiger partial charge is 0.377 e. The van der Waals surface area contributed by atoms with E-state index in [9.17, 15) is 4.79 Å². The molecule has 0 unspecified atom stereocenters. The monoisotopic (exact) mass is 238 g/mol. The van der Waals surface area contributed by atoms with Crippen molar-refractivity contribution in [2.75, 3.05) is 33.1 Å². The van der Waals surface area contributed by atoms with Crippen molar-refractivity contribution in [1.82, 2.24) is 4.90 Å². The van der Waals surface area contributed by atoms with Gasteiger partial charge in [-0.25, -0.2) is 4.90 Å². The summed E-state index contributed by atoms with van der Waals surface area (Å²) >= 11 is 0. The summed E-state index contributed by atoms with van der Waals surface area (Å²) in [6, 6.07) is 3.88. The molecule has 0 aliphatic rings. The van der Waals surface area contributed by atoms with Crippen molar-refractivity contribution in [3.05, 3.63) is 24.0 Å². The summed E-state index contributed by atoms with van der Waals surface area (Å²) in [4.78, 5) is 15.3. The van der Waals surface area contributed by atoms with E-state index in [-0.39, 0.29) is 6.03 Å². The number of hydrogen-bond acceptors (Lipinski definition) is 2. The second-order valence-corrected chi connectivity index (χ2v) is 3.97. The van der Waals surface area contributed by atoms with Crippen molar-refractivity contribution < 1.29 is 9.36 Å². The molecule has 1 aromatic heterocycles. The molecule has 17 heavy (non-hydrogen) atoms. The SMILES string of the molecule is CC.Cc1cc(N(C)C)cc[n+]1C(=O)N(C)C. The quantitative estimate of drug-likeness (QED) is 0.699. The van der Waals surface area contributed by atoms with E-state index in [1.165, 1.54) is 0 Å². The van der Waals surface area contributed by atoms with Crippen molar-refractivity contribution in [2.45, 2.75) is 20.8 Å². The lowest BCUT2D eigenvalue weighted by atomic mass is 10.3. The van der Waals surface area contributed by atoms with Gasteiger partial charge < -0.3 is 4.90 Å². The summed E-state index contributed by atoms with van der Waals surface area (Å²) in [6.45, 7) is 5.92. The number of pyridine rings is 1. The zero-order valence-corrected chi connectivity index (χ0v) is 12.0. The molecule has 0 aliphatic heterocycles. The maximum absolute atomic E-state index is 11.7. The molecule has 0 bridgehead atoms. The minimum absolute atomic E-state index is 0.0298. The lowest BCUT2D eigenvalue weighted by Crippen LogP contribution is -2.51. The lowest BCUT2D eigenvalue weighted by molar-refractivity contribution is -0.584. The molecule has 0 atom stereocenters. The number of anilines is 1. The molecule has 1 amide bonds. The number of nitrogens with zero attached hydrogens (tertiary/aromatic N) is 3. The van der Waals surface area contributed by atoms with Crippen LogP contribution in [0.15, 0.2) is 18.3 Å². The van der Waals surface area contributed by atoms with Gasteiger partial charge in [-0.15, -0.1) is 0 Å². The normalized spacial score (nSPS) is 9.12. The van der Waals surface area contributed by atoms with Gasteiger partial charge in [-0.2, -0.15) is 9.36 Å². The summed E-state index contributed by atoms with van der Waals surface area (Å²) in [5, 5.41) is 0. The van der Waals surface area contributed by atoms with E-state index in [0.29, 0.717) is 0 Å². The van der Waals surface area contributed by atoms with Gasteiger partial charge in [0.05, 0.1) is 14.1 Å². The molecule has 0 radical (unpaired) electrons. The average Bonchev–Trinajstić information content (AvgIpc) is 2.30. The standard InChI is InChI=1S/C11H18N3O.C2H6/c1-9-8-10(12(2)3)6-7-14(9)11(15)13(4)5;1-2/h6-8H,1-5H3;1-2H3/q+1;. The Labute approximate surface area is 104 Å². The zero-order valence-electron chi connectivity index (χ0n) is 12.0. The van der Waals surface area contributed by atoms with Gasteiger partial charge in [0.1, 0.15) is 11.9 Å². The maximum Gasteiger partial charge on any atom is 0.497 e. The Hall–Kier alpha value is -1.58. The Kier molecular flexibility index (Phi) is 6.25. The minimum atomic E-state index is -0.0298. The van der Waals surface area contributed by atoms with E-state index in [0.717, 1.165) is 11.4 Å². The zero-order chi connectivity index (χ0) is 13.6. The van der Waals surface area contributed by atoms with Crippen LogP contribution in [0.25, 0.3) is 0 Å². The molecule has 1 rings (SSSR count). The predicted molar refractivity (Wildman–Crippen MR) is 71.5 cm³/mol. The number of amides is 1. The van der Waals surface area contributed by atoms with Gasteiger partial charge in [0.15, 0.2) is 0 Å². The van der Waals surface area contributed by atoms with Crippen molar-refractivity contribution >= 4 is 11.7 Å². The fourth-order valence-corrected chi connectivity index (χ4v) is 1.31.